The highest BCUT2D eigenvalue weighted by molar-refractivity contribution is 5.20. The Morgan fingerprint density at radius 3 is 2.78 bits per heavy atom. The van der Waals surface area contributed by atoms with E-state index in [1.165, 1.54) is 12.1 Å². The van der Waals surface area contributed by atoms with Gasteiger partial charge >= 0.3 is 0 Å². The van der Waals surface area contributed by atoms with Crippen LogP contribution in [0.2, 0.25) is 0 Å². The maximum absolute atomic E-state index is 13.6. The van der Waals surface area contributed by atoms with E-state index in [0.717, 1.165) is 19.1 Å². The topological polar surface area (TPSA) is 21.3 Å². The summed E-state index contributed by atoms with van der Waals surface area (Å²) in [5.74, 6) is -0.629. The van der Waals surface area contributed by atoms with Crippen LogP contribution >= 0.6 is 0 Å². The summed E-state index contributed by atoms with van der Waals surface area (Å²) in [6.07, 6.45) is 1.72. The third kappa shape index (κ3) is 2.87. The Bertz CT molecular complexity index is 411. The van der Waals surface area contributed by atoms with Crippen LogP contribution in [0.4, 0.5) is 8.78 Å². The second-order valence-electron chi connectivity index (χ2n) is 4.86. The molecule has 1 heterocycles. The molecule has 18 heavy (non-hydrogen) atoms. The molecule has 100 valence electrons. The molecule has 3 atom stereocenters. The summed E-state index contributed by atoms with van der Waals surface area (Å²) < 4.78 is 32.0. The fraction of sp³-hybridized carbons (Fsp3) is 0.571. The largest absolute Gasteiger partial charge is 0.378 e. The summed E-state index contributed by atoms with van der Waals surface area (Å²) in [5.41, 5.74) is 0.551. The van der Waals surface area contributed by atoms with Crippen molar-refractivity contribution in [3.63, 3.8) is 0 Å². The fourth-order valence-electron chi connectivity index (χ4n) is 2.67. The Morgan fingerprint density at radius 1 is 1.44 bits per heavy atom. The monoisotopic (exact) mass is 255 g/mol. The van der Waals surface area contributed by atoms with Gasteiger partial charge < -0.3 is 10.1 Å². The van der Waals surface area contributed by atoms with Gasteiger partial charge in [0.15, 0.2) is 0 Å². The lowest BCUT2D eigenvalue weighted by Gasteiger charge is -2.25. The van der Waals surface area contributed by atoms with Gasteiger partial charge in [-0.1, -0.05) is 6.07 Å². The maximum Gasteiger partial charge on any atom is 0.129 e. The highest BCUT2D eigenvalue weighted by Crippen LogP contribution is 2.26. The molecule has 0 saturated carbocycles. The van der Waals surface area contributed by atoms with E-state index in [1.807, 2.05) is 14.0 Å². The maximum atomic E-state index is 13.6. The highest BCUT2D eigenvalue weighted by atomic mass is 19.1. The smallest absolute Gasteiger partial charge is 0.129 e. The SMILES string of the molecule is CNC(Cc1ccc(F)cc1F)C1CCOC1C. The quantitative estimate of drug-likeness (QED) is 0.892. The van der Waals surface area contributed by atoms with Crippen molar-refractivity contribution in [2.75, 3.05) is 13.7 Å². The summed E-state index contributed by atoms with van der Waals surface area (Å²) in [5, 5.41) is 3.22. The molecule has 0 aromatic heterocycles. The number of rotatable bonds is 4. The van der Waals surface area contributed by atoms with Gasteiger partial charge in [0.1, 0.15) is 11.6 Å². The van der Waals surface area contributed by atoms with Gasteiger partial charge in [0, 0.05) is 24.6 Å². The predicted molar refractivity (Wildman–Crippen MR) is 66.4 cm³/mol. The van der Waals surface area contributed by atoms with Crippen LogP contribution < -0.4 is 5.32 Å². The summed E-state index contributed by atoms with van der Waals surface area (Å²) in [6, 6.07) is 3.92. The van der Waals surface area contributed by atoms with Crippen LogP contribution in [0.1, 0.15) is 18.9 Å². The molecule has 1 aliphatic heterocycles. The van der Waals surface area contributed by atoms with Crippen LogP contribution in [-0.4, -0.2) is 25.8 Å². The van der Waals surface area contributed by atoms with E-state index in [9.17, 15) is 8.78 Å². The first-order chi connectivity index (χ1) is 8.61. The average molecular weight is 255 g/mol. The van der Waals surface area contributed by atoms with Gasteiger partial charge in [0.05, 0.1) is 6.10 Å². The third-order valence-electron chi connectivity index (χ3n) is 3.78. The van der Waals surface area contributed by atoms with Crippen LogP contribution in [-0.2, 0) is 11.2 Å². The van der Waals surface area contributed by atoms with Crippen molar-refractivity contribution in [1.29, 1.82) is 0 Å². The van der Waals surface area contributed by atoms with Crippen LogP contribution in [0.15, 0.2) is 18.2 Å². The Balaban J connectivity index is 2.10. The van der Waals surface area contributed by atoms with Crippen LogP contribution in [0.5, 0.6) is 0 Å². The first-order valence-electron chi connectivity index (χ1n) is 6.34. The first-order valence-corrected chi connectivity index (χ1v) is 6.34. The first kappa shape index (κ1) is 13.4. The molecule has 2 rings (SSSR count). The number of nitrogens with one attached hydrogen (secondary N) is 1. The van der Waals surface area contributed by atoms with E-state index in [1.54, 1.807) is 0 Å². The molecular formula is C14H19F2NO. The third-order valence-corrected chi connectivity index (χ3v) is 3.78. The van der Waals surface area contributed by atoms with Crippen LogP contribution in [0, 0.1) is 17.6 Å². The van der Waals surface area contributed by atoms with E-state index in [2.05, 4.69) is 5.32 Å². The van der Waals surface area contributed by atoms with Crippen molar-refractivity contribution < 1.29 is 13.5 Å². The normalized spacial score (nSPS) is 25.3. The summed E-state index contributed by atoms with van der Waals surface area (Å²) in [7, 11) is 1.87. The molecule has 0 bridgehead atoms. The molecular weight excluding hydrogens is 236 g/mol. The highest BCUT2D eigenvalue weighted by Gasteiger charge is 2.31. The minimum Gasteiger partial charge on any atom is -0.378 e. The van der Waals surface area contributed by atoms with Gasteiger partial charge in [0.25, 0.3) is 0 Å². The number of hydrogen-bond acceptors (Lipinski definition) is 2. The van der Waals surface area contributed by atoms with Gasteiger partial charge in [-0.15, -0.1) is 0 Å². The van der Waals surface area contributed by atoms with Gasteiger partial charge in [-0.3, -0.25) is 0 Å². The average Bonchev–Trinajstić information content (AvgIpc) is 2.75. The van der Waals surface area contributed by atoms with E-state index < -0.39 is 11.6 Å². The molecule has 1 saturated heterocycles. The van der Waals surface area contributed by atoms with E-state index in [-0.39, 0.29) is 12.1 Å². The van der Waals surface area contributed by atoms with E-state index >= 15 is 0 Å². The lowest BCUT2D eigenvalue weighted by molar-refractivity contribution is 0.0962. The second kappa shape index (κ2) is 5.76. The zero-order valence-electron chi connectivity index (χ0n) is 10.7. The molecule has 1 N–H and O–H groups in total. The van der Waals surface area contributed by atoms with Crippen LogP contribution in [0.25, 0.3) is 0 Å². The van der Waals surface area contributed by atoms with E-state index in [0.29, 0.717) is 17.9 Å². The van der Waals surface area contributed by atoms with Gasteiger partial charge in [0.2, 0.25) is 0 Å². The Hall–Kier alpha value is -1.00. The number of halogens is 2. The number of benzene rings is 1. The van der Waals surface area contributed by atoms with Crippen LogP contribution in [0.3, 0.4) is 0 Å². The molecule has 1 aromatic rings. The standard InChI is InChI=1S/C14H19F2NO/c1-9-12(5-6-18-9)14(17-2)7-10-3-4-11(15)8-13(10)16/h3-4,8-9,12,14,17H,5-7H2,1-2H3. The molecule has 2 nitrogen and oxygen atoms in total. The molecule has 0 amide bonds. The number of ether oxygens (including phenoxy) is 1. The molecule has 1 aliphatic rings. The van der Waals surface area contributed by atoms with Crippen molar-refractivity contribution in [2.45, 2.75) is 31.9 Å². The minimum absolute atomic E-state index is 0.155. The van der Waals surface area contributed by atoms with Crippen molar-refractivity contribution in [2.24, 2.45) is 5.92 Å². The molecule has 0 spiro atoms. The molecule has 1 aromatic carbocycles. The van der Waals surface area contributed by atoms with Crippen molar-refractivity contribution in [1.82, 2.24) is 5.32 Å². The summed E-state index contributed by atoms with van der Waals surface area (Å²) in [4.78, 5) is 0. The molecule has 0 aliphatic carbocycles. The second-order valence-corrected chi connectivity index (χ2v) is 4.86. The minimum atomic E-state index is -0.533. The van der Waals surface area contributed by atoms with Crippen molar-refractivity contribution in [3.05, 3.63) is 35.4 Å². The number of hydrogen-bond donors (Lipinski definition) is 1. The molecule has 1 fully saturated rings. The Labute approximate surface area is 106 Å². The summed E-state index contributed by atoms with van der Waals surface area (Å²) >= 11 is 0. The molecule has 4 heteroatoms. The molecule has 0 radical (unpaired) electrons. The lowest BCUT2D eigenvalue weighted by atomic mass is 9.89. The summed E-state index contributed by atoms with van der Waals surface area (Å²) in [6.45, 7) is 2.80. The van der Waals surface area contributed by atoms with Gasteiger partial charge in [-0.05, 0) is 38.4 Å². The predicted octanol–water partition coefficient (Wildman–Crippen LogP) is 2.52. The van der Waals surface area contributed by atoms with Crippen molar-refractivity contribution >= 4 is 0 Å². The van der Waals surface area contributed by atoms with Crippen molar-refractivity contribution in [3.8, 4) is 0 Å². The number of likely N-dealkylation sites (N-methyl/N-ethyl adjacent to an activating group) is 1. The zero-order chi connectivity index (χ0) is 13.1. The van der Waals surface area contributed by atoms with Gasteiger partial charge in [-0.25, -0.2) is 8.78 Å². The van der Waals surface area contributed by atoms with Gasteiger partial charge in [-0.2, -0.15) is 0 Å². The lowest BCUT2D eigenvalue weighted by Crippen LogP contribution is -2.39. The Kier molecular flexibility index (Phi) is 4.30. The Morgan fingerprint density at radius 2 is 2.22 bits per heavy atom. The fourth-order valence-corrected chi connectivity index (χ4v) is 2.67. The zero-order valence-corrected chi connectivity index (χ0v) is 10.7. The molecule has 3 unspecified atom stereocenters. The van der Waals surface area contributed by atoms with E-state index in [4.69, 9.17) is 4.74 Å².